The summed E-state index contributed by atoms with van der Waals surface area (Å²) in [5, 5.41) is 11.1. The molecule has 0 saturated heterocycles. The van der Waals surface area contributed by atoms with Crippen molar-refractivity contribution in [2.75, 3.05) is 0 Å². The smallest absolute Gasteiger partial charge is 0.261 e. The minimum atomic E-state index is -1.20. The molecule has 0 amide bonds. The summed E-state index contributed by atoms with van der Waals surface area (Å²) in [6.45, 7) is 0. The van der Waals surface area contributed by atoms with Crippen LogP contribution in [0.2, 0.25) is 0 Å². The van der Waals surface area contributed by atoms with Crippen molar-refractivity contribution in [1.82, 2.24) is 5.01 Å². The number of rotatable bonds is 1. The van der Waals surface area contributed by atoms with Crippen LogP contribution < -0.4 is 5.84 Å². The Bertz CT molecular complexity index is 238. The maximum atomic E-state index is 10.2. The van der Waals surface area contributed by atoms with E-state index < -0.39 is 11.2 Å². The highest BCUT2D eigenvalue weighted by Gasteiger charge is 2.24. The maximum absolute atomic E-state index is 10.2. The Labute approximate surface area is 70.6 Å². The van der Waals surface area contributed by atoms with Gasteiger partial charge in [-0.15, -0.1) is 0 Å². The van der Waals surface area contributed by atoms with E-state index in [9.17, 15) is 10.1 Å². The lowest BCUT2D eigenvalue weighted by Gasteiger charge is -2.17. The summed E-state index contributed by atoms with van der Waals surface area (Å²) < 4.78 is 0.609. The Morgan fingerprint density at radius 1 is 1.91 bits per heavy atom. The molecule has 0 aromatic rings. The quantitative estimate of drug-likeness (QED) is 0.385. The van der Waals surface area contributed by atoms with Gasteiger partial charge in [-0.25, -0.2) is 10.9 Å². The van der Waals surface area contributed by atoms with Gasteiger partial charge in [0.15, 0.2) is 0 Å². The van der Waals surface area contributed by atoms with E-state index in [4.69, 9.17) is 5.84 Å². The number of nitrogens with two attached hydrogens (primary N) is 1. The van der Waals surface area contributed by atoms with Crippen molar-refractivity contribution in [3.05, 3.63) is 20.8 Å². The van der Waals surface area contributed by atoms with Gasteiger partial charge in [-0.3, -0.25) is 10.1 Å². The predicted octanol–water partition coefficient (Wildman–Crippen LogP) is 0.0431. The minimum Gasteiger partial charge on any atom is -0.261 e. The van der Waals surface area contributed by atoms with E-state index >= 15 is 0 Å². The molecule has 0 aliphatic carbocycles. The topological polar surface area (TPSA) is 84.8 Å². The summed E-state index contributed by atoms with van der Waals surface area (Å²) in [5.41, 5.74) is 0. The standard InChI is InChI=1S/C4H5BrN4O2/c5-3-1-7-4(9(10)11)8(6)2-3/h1-2,4H,6H2. The van der Waals surface area contributed by atoms with Gasteiger partial charge in [0, 0.05) is 12.4 Å². The highest BCUT2D eigenvalue weighted by atomic mass is 79.9. The summed E-state index contributed by atoms with van der Waals surface area (Å²) in [5.74, 6) is 5.24. The number of allylic oxidation sites excluding steroid dienone is 1. The number of nitro groups is 1. The molecular weight excluding hydrogens is 216 g/mol. The zero-order chi connectivity index (χ0) is 8.43. The molecule has 0 radical (unpaired) electrons. The van der Waals surface area contributed by atoms with Gasteiger partial charge in [-0.2, -0.15) is 4.99 Å². The number of nitrogens with zero attached hydrogens (tertiary/aromatic N) is 3. The van der Waals surface area contributed by atoms with Crippen LogP contribution in [-0.2, 0) is 0 Å². The van der Waals surface area contributed by atoms with E-state index in [-0.39, 0.29) is 0 Å². The van der Waals surface area contributed by atoms with Gasteiger partial charge < -0.3 is 0 Å². The molecule has 0 aromatic carbocycles. The van der Waals surface area contributed by atoms with Crippen molar-refractivity contribution < 1.29 is 4.92 Å². The lowest BCUT2D eigenvalue weighted by atomic mass is 10.5. The molecule has 1 rings (SSSR count). The zero-order valence-corrected chi connectivity index (χ0v) is 6.93. The molecule has 60 valence electrons. The van der Waals surface area contributed by atoms with Crippen LogP contribution in [0, 0.1) is 10.1 Å². The van der Waals surface area contributed by atoms with Crippen molar-refractivity contribution in [3.8, 4) is 0 Å². The number of aliphatic imine (C=N–C) groups is 1. The third-order valence-electron chi connectivity index (χ3n) is 1.06. The Kier molecular flexibility index (Phi) is 2.20. The summed E-state index contributed by atoms with van der Waals surface area (Å²) >= 11 is 3.07. The van der Waals surface area contributed by atoms with Gasteiger partial charge in [0.1, 0.15) is 0 Å². The molecule has 1 heterocycles. The van der Waals surface area contributed by atoms with Gasteiger partial charge in [0.25, 0.3) is 0 Å². The number of halogens is 1. The lowest BCUT2D eigenvalue weighted by molar-refractivity contribution is -0.545. The van der Waals surface area contributed by atoms with Crippen molar-refractivity contribution >= 4 is 22.1 Å². The van der Waals surface area contributed by atoms with Crippen molar-refractivity contribution in [1.29, 1.82) is 0 Å². The fourth-order valence-corrected chi connectivity index (χ4v) is 0.975. The fourth-order valence-electron chi connectivity index (χ4n) is 0.621. The van der Waals surface area contributed by atoms with Crippen LogP contribution in [-0.4, -0.2) is 22.4 Å². The van der Waals surface area contributed by atoms with E-state index in [1.807, 2.05) is 0 Å². The van der Waals surface area contributed by atoms with Crippen molar-refractivity contribution in [2.24, 2.45) is 10.8 Å². The van der Waals surface area contributed by atoms with Crippen molar-refractivity contribution in [2.45, 2.75) is 6.29 Å². The minimum absolute atomic E-state index is 0.577. The second-order valence-electron chi connectivity index (χ2n) is 1.87. The number of hydrazine groups is 1. The fraction of sp³-hybridized carbons (Fsp3) is 0.250. The van der Waals surface area contributed by atoms with Crippen LogP contribution in [0.4, 0.5) is 0 Å². The predicted molar refractivity (Wildman–Crippen MR) is 42.3 cm³/mol. The van der Waals surface area contributed by atoms with Crippen LogP contribution in [0.3, 0.4) is 0 Å². The third-order valence-corrected chi connectivity index (χ3v) is 1.47. The van der Waals surface area contributed by atoms with Crippen LogP contribution in [0.25, 0.3) is 0 Å². The van der Waals surface area contributed by atoms with Crippen LogP contribution in [0.1, 0.15) is 0 Å². The molecule has 6 nitrogen and oxygen atoms in total. The number of hydrogen-bond acceptors (Lipinski definition) is 5. The van der Waals surface area contributed by atoms with Gasteiger partial charge >= 0.3 is 6.29 Å². The summed E-state index contributed by atoms with van der Waals surface area (Å²) in [6.07, 6.45) is 1.54. The Balaban J connectivity index is 2.77. The van der Waals surface area contributed by atoms with Crippen LogP contribution in [0.15, 0.2) is 15.7 Å². The molecule has 1 aliphatic heterocycles. The molecule has 0 fully saturated rings. The Morgan fingerprint density at radius 2 is 2.55 bits per heavy atom. The van der Waals surface area contributed by atoms with Gasteiger partial charge in [-0.1, -0.05) is 0 Å². The molecule has 1 unspecified atom stereocenters. The first-order valence-electron chi connectivity index (χ1n) is 2.68. The van der Waals surface area contributed by atoms with Crippen LogP contribution in [0.5, 0.6) is 0 Å². The van der Waals surface area contributed by atoms with Gasteiger partial charge in [-0.05, 0) is 15.9 Å². The van der Waals surface area contributed by atoms with E-state index in [0.717, 1.165) is 5.01 Å². The summed E-state index contributed by atoms with van der Waals surface area (Å²) in [4.78, 5) is 13.2. The van der Waals surface area contributed by atoms with E-state index in [0.29, 0.717) is 4.48 Å². The molecule has 0 aromatic heterocycles. The molecule has 0 spiro atoms. The normalized spacial score (nSPS) is 23.3. The average Bonchev–Trinajstić information content (AvgIpc) is 1.85. The van der Waals surface area contributed by atoms with E-state index in [1.165, 1.54) is 12.4 Å². The zero-order valence-electron chi connectivity index (χ0n) is 5.35. The highest BCUT2D eigenvalue weighted by molar-refractivity contribution is 9.12. The Morgan fingerprint density at radius 3 is 3.00 bits per heavy atom. The molecule has 2 N–H and O–H groups in total. The first-order chi connectivity index (χ1) is 5.11. The molecule has 0 bridgehead atoms. The highest BCUT2D eigenvalue weighted by Crippen LogP contribution is 2.10. The molecule has 11 heavy (non-hydrogen) atoms. The lowest BCUT2D eigenvalue weighted by Crippen LogP contribution is -2.42. The average molecular weight is 221 g/mol. The van der Waals surface area contributed by atoms with Gasteiger partial charge in [0.05, 0.1) is 9.41 Å². The van der Waals surface area contributed by atoms with E-state index in [1.54, 1.807) is 0 Å². The molecule has 7 heteroatoms. The summed E-state index contributed by atoms with van der Waals surface area (Å²) in [7, 11) is 0. The van der Waals surface area contributed by atoms with Gasteiger partial charge in [0.2, 0.25) is 0 Å². The first kappa shape index (κ1) is 8.15. The molecule has 0 saturated carbocycles. The molecule has 1 atom stereocenters. The third kappa shape index (κ3) is 1.75. The van der Waals surface area contributed by atoms with E-state index in [2.05, 4.69) is 20.9 Å². The number of hydrogen-bond donors (Lipinski definition) is 1. The SMILES string of the molecule is NN1C=C(Br)C=NC1[N+](=O)[O-]. The Hall–Kier alpha value is -0.950. The van der Waals surface area contributed by atoms with Crippen molar-refractivity contribution in [3.63, 3.8) is 0 Å². The molecule has 1 aliphatic rings. The van der Waals surface area contributed by atoms with Crippen LogP contribution >= 0.6 is 15.9 Å². The largest absolute Gasteiger partial charge is 0.398 e. The summed E-state index contributed by atoms with van der Waals surface area (Å²) in [6, 6.07) is 0. The second-order valence-corrected chi connectivity index (χ2v) is 2.79. The maximum Gasteiger partial charge on any atom is 0.398 e. The first-order valence-corrected chi connectivity index (χ1v) is 3.47. The molecular formula is C4H5BrN4O2. The second kappa shape index (κ2) is 2.97. The monoisotopic (exact) mass is 220 g/mol.